The Morgan fingerprint density at radius 3 is 2.59 bits per heavy atom. The Morgan fingerprint density at radius 1 is 1.18 bits per heavy atom. The van der Waals surface area contributed by atoms with Gasteiger partial charge in [-0.15, -0.1) is 0 Å². The molecule has 1 aromatic heterocycles. The zero-order valence-electron chi connectivity index (χ0n) is 12.8. The third kappa shape index (κ3) is 4.18. The Balaban J connectivity index is 1.51. The Hall–Kier alpha value is -1.65. The molecule has 3 rings (SSSR count). The predicted octanol–water partition coefficient (Wildman–Crippen LogP) is 3.51. The lowest BCUT2D eigenvalue weighted by molar-refractivity contribution is 0.211. The topological polar surface area (TPSA) is 41.0 Å². The summed E-state index contributed by atoms with van der Waals surface area (Å²) >= 11 is 5.91. The van der Waals surface area contributed by atoms with Crippen molar-refractivity contribution in [2.45, 2.75) is 32.4 Å². The fourth-order valence-corrected chi connectivity index (χ4v) is 3.12. The number of benzene rings is 1. The van der Waals surface area contributed by atoms with E-state index >= 15 is 0 Å². The Labute approximate surface area is 136 Å². The van der Waals surface area contributed by atoms with Gasteiger partial charge in [-0.3, -0.25) is 4.90 Å². The second kappa shape index (κ2) is 7.07. The summed E-state index contributed by atoms with van der Waals surface area (Å²) in [5.74, 6) is 0.832. The minimum Gasteiger partial charge on any atom is -0.367 e. The molecule has 1 N–H and O–H groups in total. The monoisotopic (exact) mass is 316 g/mol. The summed E-state index contributed by atoms with van der Waals surface area (Å²) in [6, 6.07) is 13.1. The number of anilines is 1. The summed E-state index contributed by atoms with van der Waals surface area (Å²) in [7, 11) is 0. The highest BCUT2D eigenvalue weighted by Gasteiger charge is 2.19. The molecule has 22 heavy (non-hydrogen) atoms. The van der Waals surface area contributed by atoms with Crippen LogP contribution in [-0.4, -0.2) is 34.0 Å². The number of hydrogen-bond acceptors (Lipinski definition) is 4. The first kappa shape index (κ1) is 15.3. The molecule has 0 unspecified atom stereocenters. The SMILES string of the molecule is Cc1cc(NC2CCN(Cc3ccccc3)CC2)nc(Cl)n1. The van der Waals surface area contributed by atoms with Gasteiger partial charge in [0.2, 0.25) is 5.28 Å². The molecule has 1 aliphatic heterocycles. The van der Waals surface area contributed by atoms with Crippen molar-refractivity contribution < 1.29 is 0 Å². The van der Waals surface area contributed by atoms with Crippen molar-refractivity contribution in [2.75, 3.05) is 18.4 Å². The van der Waals surface area contributed by atoms with Gasteiger partial charge >= 0.3 is 0 Å². The maximum absolute atomic E-state index is 5.91. The van der Waals surface area contributed by atoms with E-state index in [2.05, 4.69) is 50.5 Å². The van der Waals surface area contributed by atoms with E-state index in [0.717, 1.165) is 44.0 Å². The molecule has 0 spiro atoms. The van der Waals surface area contributed by atoms with Crippen LogP contribution in [-0.2, 0) is 6.54 Å². The summed E-state index contributed by atoms with van der Waals surface area (Å²) in [4.78, 5) is 10.8. The van der Waals surface area contributed by atoms with Crippen molar-refractivity contribution in [3.8, 4) is 0 Å². The summed E-state index contributed by atoms with van der Waals surface area (Å²) in [5.41, 5.74) is 2.27. The van der Waals surface area contributed by atoms with Gasteiger partial charge in [0.15, 0.2) is 0 Å². The number of aromatic nitrogens is 2. The first-order valence-electron chi connectivity index (χ1n) is 7.73. The average molecular weight is 317 g/mol. The fraction of sp³-hybridized carbons (Fsp3) is 0.412. The van der Waals surface area contributed by atoms with E-state index in [1.807, 2.05) is 13.0 Å². The van der Waals surface area contributed by atoms with E-state index in [0.29, 0.717) is 11.3 Å². The number of aryl methyl sites for hydroxylation is 1. The van der Waals surface area contributed by atoms with Crippen LogP contribution < -0.4 is 5.32 Å². The van der Waals surface area contributed by atoms with E-state index in [1.165, 1.54) is 5.56 Å². The number of piperidine rings is 1. The van der Waals surface area contributed by atoms with Gasteiger partial charge in [0.25, 0.3) is 0 Å². The molecule has 1 aromatic carbocycles. The van der Waals surface area contributed by atoms with Crippen molar-refractivity contribution >= 4 is 17.4 Å². The lowest BCUT2D eigenvalue weighted by atomic mass is 10.0. The molecule has 2 heterocycles. The molecule has 0 amide bonds. The highest BCUT2D eigenvalue weighted by molar-refractivity contribution is 6.28. The molecular formula is C17H21ClN4. The van der Waals surface area contributed by atoms with Gasteiger partial charge in [-0.1, -0.05) is 30.3 Å². The van der Waals surface area contributed by atoms with Crippen molar-refractivity contribution in [3.63, 3.8) is 0 Å². The van der Waals surface area contributed by atoms with Crippen molar-refractivity contribution in [2.24, 2.45) is 0 Å². The molecule has 2 aromatic rings. The van der Waals surface area contributed by atoms with Crippen LogP contribution in [0.15, 0.2) is 36.4 Å². The molecule has 1 aliphatic rings. The quantitative estimate of drug-likeness (QED) is 0.876. The summed E-state index contributed by atoms with van der Waals surface area (Å²) in [6.07, 6.45) is 2.24. The minimum absolute atomic E-state index is 0.309. The van der Waals surface area contributed by atoms with Crippen LogP contribution >= 0.6 is 11.6 Å². The Bertz CT molecular complexity index is 589. The molecule has 4 nitrogen and oxygen atoms in total. The summed E-state index contributed by atoms with van der Waals surface area (Å²) in [5, 5.41) is 3.79. The number of hydrogen-bond donors (Lipinski definition) is 1. The van der Waals surface area contributed by atoms with Gasteiger partial charge in [0.05, 0.1) is 0 Å². The second-order valence-electron chi connectivity index (χ2n) is 5.84. The molecular weight excluding hydrogens is 296 g/mol. The van der Waals surface area contributed by atoms with E-state index in [-0.39, 0.29) is 0 Å². The number of likely N-dealkylation sites (tertiary alicyclic amines) is 1. The lowest BCUT2D eigenvalue weighted by Crippen LogP contribution is -2.38. The summed E-state index contributed by atoms with van der Waals surface area (Å²) in [6.45, 7) is 5.17. The van der Waals surface area contributed by atoms with Crippen LogP contribution in [0.25, 0.3) is 0 Å². The van der Waals surface area contributed by atoms with E-state index in [4.69, 9.17) is 11.6 Å². The van der Waals surface area contributed by atoms with Crippen LogP contribution in [0.1, 0.15) is 24.1 Å². The minimum atomic E-state index is 0.309. The molecule has 0 atom stereocenters. The standard InChI is InChI=1S/C17H21ClN4/c1-13-11-16(21-17(18)19-13)20-15-7-9-22(10-8-15)12-14-5-3-2-4-6-14/h2-6,11,15H,7-10,12H2,1H3,(H,19,20,21). The van der Waals surface area contributed by atoms with Crippen LogP contribution in [0.3, 0.4) is 0 Å². The molecule has 116 valence electrons. The largest absolute Gasteiger partial charge is 0.367 e. The van der Waals surface area contributed by atoms with Gasteiger partial charge in [-0.05, 0) is 36.9 Å². The van der Waals surface area contributed by atoms with Gasteiger partial charge < -0.3 is 5.32 Å². The number of nitrogens with one attached hydrogen (secondary N) is 1. The smallest absolute Gasteiger partial charge is 0.224 e. The van der Waals surface area contributed by atoms with Crippen LogP contribution in [0.5, 0.6) is 0 Å². The molecule has 0 bridgehead atoms. The Morgan fingerprint density at radius 2 is 1.91 bits per heavy atom. The zero-order chi connectivity index (χ0) is 15.4. The van der Waals surface area contributed by atoms with Crippen LogP contribution in [0, 0.1) is 6.92 Å². The second-order valence-corrected chi connectivity index (χ2v) is 6.18. The first-order chi connectivity index (χ1) is 10.7. The van der Waals surface area contributed by atoms with Crippen molar-refractivity contribution in [1.82, 2.24) is 14.9 Å². The first-order valence-corrected chi connectivity index (χ1v) is 8.11. The van der Waals surface area contributed by atoms with E-state index in [9.17, 15) is 0 Å². The third-order valence-corrected chi connectivity index (χ3v) is 4.18. The highest BCUT2D eigenvalue weighted by Crippen LogP contribution is 2.18. The van der Waals surface area contributed by atoms with Crippen LogP contribution in [0.4, 0.5) is 5.82 Å². The highest BCUT2D eigenvalue weighted by atomic mass is 35.5. The van der Waals surface area contributed by atoms with E-state index < -0.39 is 0 Å². The molecule has 1 saturated heterocycles. The van der Waals surface area contributed by atoms with Crippen LogP contribution in [0.2, 0.25) is 5.28 Å². The maximum atomic E-state index is 5.91. The lowest BCUT2D eigenvalue weighted by Gasteiger charge is -2.32. The predicted molar refractivity (Wildman–Crippen MR) is 90.1 cm³/mol. The summed E-state index contributed by atoms with van der Waals surface area (Å²) < 4.78 is 0. The normalized spacial score (nSPS) is 16.6. The van der Waals surface area contributed by atoms with Gasteiger partial charge in [0.1, 0.15) is 5.82 Å². The molecule has 0 radical (unpaired) electrons. The number of halogens is 1. The van der Waals surface area contributed by atoms with Crippen molar-refractivity contribution in [3.05, 3.63) is 52.9 Å². The van der Waals surface area contributed by atoms with Gasteiger partial charge in [-0.25, -0.2) is 9.97 Å². The Kier molecular flexibility index (Phi) is 4.90. The van der Waals surface area contributed by atoms with Gasteiger partial charge in [0, 0.05) is 37.4 Å². The number of rotatable bonds is 4. The molecule has 5 heteroatoms. The number of nitrogens with zero attached hydrogens (tertiary/aromatic N) is 3. The average Bonchev–Trinajstić information content (AvgIpc) is 2.49. The molecule has 0 aliphatic carbocycles. The van der Waals surface area contributed by atoms with Crippen molar-refractivity contribution in [1.29, 1.82) is 0 Å². The third-order valence-electron chi connectivity index (χ3n) is 4.02. The molecule has 1 fully saturated rings. The maximum Gasteiger partial charge on any atom is 0.224 e. The zero-order valence-corrected chi connectivity index (χ0v) is 13.6. The molecule has 0 saturated carbocycles. The fourth-order valence-electron chi connectivity index (χ4n) is 2.89. The van der Waals surface area contributed by atoms with Gasteiger partial charge in [-0.2, -0.15) is 0 Å². The van der Waals surface area contributed by atoms with E-state index in [1.54, 1.807) is 0 Å².